The predicted octanol–water partition coefficient (Wildman–Crippen LogP) is 1.22. The minimum atomic E-state index is 0. The average Bonchev–Trinajstić information content (AvgIpc) is 2.78. The van der Waals surface area contributed by atoms with Crippen molar-refractivity contribution in [3.8, 4) is 0 Å². The molecule has 2 saturated heterocycles. The lowest BCUT2D eigenvalue weighted by molar-refractivity contribution is 0.308. The number of hydrogen-bond acceptors (Lipinski definition) is 4. The normalized spacial score (nSPS) is 30.1. The summed E-state index contributed by atoms with van der Waals surface area (Å²) < 4.78 is 0. The highest BCUT2D eigenvalue weighted by atomic mass is 35.5. The molecular weight excluding hydrogens is 230 g/mol. The minimum absolute atomic E-state index is 0. The lowest BCUT2D eigenvalue weighted by atomic mass is 10.0. The number of nitrogens with one attached hydrogen (secondary N) is 1. The SMILES string of the molecule is Cl.c1ncc(CN2C[C@H]3CNC[C@H]3C2)s1. The van der Waals surface area contributed by atoms with Gasteiger partial charge in [0, 0.05) is 30.7 Å². The number of aromatic nitrogens is 1. The van der Waals surface area contributed by atoms with E-state index in [0.29, 0.717) is 0 Å². The first kappa shape index (κ1) is 11.3. The molecule has 3 nitrogen and oxygen atoms in total. The summed E-state index contributed by atoms with van der Waals surface area (Å²) in [5.41, 5.74) is 1.92. The van der Waals surface area contributed by atoms with Crippen LogP contribution in [0.15, 0.2) is 11.7 Å². The van der Waals surface area contributed by atoms with Gasteiger partial charge in [0.25, 0.3) is 0 Å². The van der Waals surface area contributed by atoms with Crippen LogP contribution in [0.5, 0.6) is 0 Å². The Bertz CT molecular complexity index is 292. The van der Waals surface area contributed by atoms with Crippen LogP contribution in [0.2, 0.25) is 0 Å². The number of rotatable bonds is 2. The van der Waals surface area contributed by atoms with E-state index in [-0.39, 0.29) is 12.4 Å². The van der Waals surface area contributed by atoms with Crippen molar-refractivity contribution >= 4 is 23.7 Å². The largest absolute Gasteiger partial charge is 0.316 e. The Balaban J connectivity index is 0.000000853. The molecule has 0 aliphatic carbocycles. The molecule has 84 valence electrons. The van der Waals surface area contributed by atoms with Gasteiger partial charge in [-0.3, -0.25) is 9.88 Å². The fourth-order valence-corrected chi connectivity index (χ4v) is 3.26. The molecule has 0 saturated carbocycles. The highest BCUT2D eigenvalue weighted by molar-refractivity contribution is 7.09. The quantitative estimate of drug-likeness (QED) is 0.849. The minimum Gasteiger partial charge on any atom is -0.316 e. The van der Waals surface area contributed by atoms with E-state index < -0.39 is 0 Å². The Kier molecular flexibility index (Phi) is 3.61. The van der Waals surface area contributed by atoms with Crippen LogP contribution in [0.4, 0.5) is 0 Å². The van der Waals surface area contributed by atoms with Crippen molar-refractivity contribution in [1.29, 1.82) is 0 Å². The Hall–Kier alpha value is -0.160. The van der Waals surface area contributed by atoms with Crippen LogP contribution in [-0.2, 0) is 6.54 Å². The van der Waals surface area contributed by atoms with Crippen molar-refractivity contribution in [3.05, 3.63) is 16.6 Å². The molecule has 0 amide bonds. The van der Waals surface area contributed by atoms with Crippen LogP contribution < -0.4 is 5.32 Å². The summed E-state index contributed by atoms with van der Waals surface area (Å²) >= 11 is 1.77. The third kappa shape index (κ3) is 2.33. The number of nitrogens with zero attached hydrogens (tertiary/aromatic N) is 2. The van der Waals surface area contributed by atoms with Crippen molar-refractivity contribution in [1.82, 2.24) is 15.2 Å². The van der Waals surface area contributed by atoms with Gasteiger partial charge in [-0.05, 0) is 24.9 Å². The zero-order valence-corrected chi connectivity index (χ0v) is 10.2. The molecule has 2 atom stereocenters. The van der Waals surface area contributed by atoms with Crippen LogP contribution >= 0.6 is 23.7 Å². The van der Waals surface area contributed by atoms with E-state index in [9.17, 15) is 0 Å². The second-order valence-electron chi connectivity index (χ2n) is 4.34. The molecule has 2 aliphatic rings. The number of fused-ring (bicyclic) bond motifs is 1. The lowest BCUT2D eigenvalue weighted by Crippen LogP contribution is -2.25. The summed E-state index contributed by atoms with van der Waals surface area (Å²) in [6.07, 6.45) is 2.00. The molecule has 3 heterocycles. The van der Waals surface area contributed by atoms with Gasteiger partial charge in [-0.25, -0.2) is 0 Å². The van der Waals surface area contributed by atoms with Gasteiger partial charge in [0.15, 0.2) is 0 Å². The molecule has 1 N–H and O–H groups in total. The zero-order chi connectivity index (χ0) is 9.38. The van der Waals surface area contributed by atoms with Crippen molar-refractivity contribution in [2.24, 2.45) is 11.8 Å². The summed E-state index contributed by atoms with van der Waals surface area (Å²) in [5, 5.41) is 3.47. The highest BCUT2D eigenvalue weighted by Gasteiger charge is 2.35. The van der Waals surface area contributed by atoms with Gasteiger partial charge in [0.1, 0.15) is 0 Å². The smallest absolute Gasteiger partial charge is 0.0794 e. The Morgan fingerprint density at radius 3 is 2.73 bits per heavy atom. The maximum Gasteiger partial charge on any atom is 0.0794 e. The molecule has 5 heteroatoms. The highest BCUT2D eigenvalue weighted by Crippen LogP contribution is 2.27. The lowest BCUT2D eigenvalue weighted by Gasteiger charge is -2.15. The van der Waals surface area contributed by atoms with Crippen LogP contribution in [0.3, 0.4) is 0 Å². The molecule has 1 aromatic rings. The third-order valence-electron chi connectivity index (χ3n) is 3.33. The molecule has 15 heavy (non-hydrogen) atoms. The fourth-order valence-electron chi connectivity index (χ4n) is 2.62. The molecular formula is C10H16ClN3S. The molecule has 0 aromatic carbocycles. The first-order valence-corrected chi connectivity index (χ1v) is 6.10. The second-order valence-corrected chi connectivity index (χ2v) is 5.31. The van der Waals surface area contributed by atoms with E-state index in [1.807, 2.05) is 11.7 Å². The van der Waals surface area contributed by atoms with Crippen LogP contribution in [0, 0.1) is 11.8 Å². The Morgan fingerprint density at radius 1 is 1.40 bits per heavy atom. The summed E-state index contributed by atoms with van der Waals surface area (Å²) in [5.74, 6) is 1.81. The van der Waals surface area contributed by atoms with Crippen molar-refractivity contribution in [3.63, 3.8) is 0 Å². The Morgan fingerprint density at radius 2 is 2.13 bits per heavy atom. The summed E-state index contributed by atoms with van der Waals surface area (Å²) in [7, 11) is 0. The van der Waals surface area contributed by atoms with Crippen LogP contribution in [0.25, 0.3) is 0 Å². The third-order valence-corrected chi connectivity index (χ3v) is 4.09. The van der Waals surface area contributed by atoms with E-state index in [4.69, 9.17) is 0 Å². The predicted molar refractivity (Wildman–Crippen MR) is 64.5 cm³/mol. The monoisotopic (exact) mass is 245 g/mol. The number of halogens is 1. The summed E-state index contributed by atoms with van der Waals surface area (Å²) in [4.78, 5) is 8.09. The van der Waals surface area contributed by atoms with Gasteiger partial charge < -0.3 is 5.32 Å². The molecule has 0 spiro atoms. The van der Waals surface area contributed by atoms with Gasteiger partial charge in [0.05, 0.1) is 5.51 Å². The molecule has 0 radical (unpaired) electrons. The van der Waals surface area contributed by atoms with Gasteiger partial charge >= 0.3 is 0 Å². The first-order chi connectivity index (χ1) is 6.92. The fraction of sp³-hybridized carbons (Fsp3) is 0.700. The maximum atomic E-state index is 4.12. The van der Waals surface area contributed by atoms with Gasteiger partial charge in [-0.2, -0.15) is 0 Å². The van der Waals surface area contributed by atoms with E-state index in [1.165, 1.54) is 31.1 Å². The van der Waals surface area contributed by atoms with E-state index in [0.717, 1.165) is 18.4 Å². The number of hydrogen-bond donors (Lipinski definition) is 1. The number of likely N-dealkylation sites (tertiary alicyclic amines) is 1. The van der Waals surface area contributed by atoms with Gasteiger partial charge in [-0.1, -0.05) is 0 Å². The van der Waals surface area contributed by atoms with Crippen molar-refractivity contribution in [2.75, 3.05) is 26.2 Å². The summed E-state index contributed by atoms with van der Waals surface area (Å²) in [6.45, 7) is 6.11. The van der Waals surface area contributed by atoms with E-state index in [2.05, 4.69) is 15.2 Å². The van der Waals surface area contributed by atoms with Crippen molar-refractivity contribution < 1.29 is 0 Å². The standard InChI is InChI=1S/C10H15N3S.ClH/c1-8-4-13(5-9(8)2-11-1)6-10-3-12-7-14-10;/h3,7-9,11H,1-2,4-6H2;1H/t8-,9+;. The zero-order valence-electron chi connectivity index (χ0n) is 8.56. The van der Waals surface area contributed by atoms with Crippen LogP contribution in [0.1, 0.15) is 4.88 Å². The summed E-state index contributed by atoms with van der Waals surface area (Å²) in [6, 6.07) is 0. The van der Waals surface area contributed by atoms with E-state index in [1.54, 1.807) is 11.3 Å². The number of thiazole rings is 1. The first-order valence-electron chi connectivity index (χ1n) is 5.22. The molecule has 3 rings (SSSR count). The molecule has 2 aliphatic heterocycles. The average molecular weight is 246 g/mol. The van der Waals surface area contributed by atoms with Gasteiger partial charge in [0.2, 0.25) is 0 Å². The molecule has 2 fully saturated rings. The maximum absolute atomic E-state index is 4.12. The Labute approximate surface area is 100 Å². The van der Waals surface area contributed by atoms with Gasteiger partial charge in [-0.15, -0.1) is 23.7 Å². The van der Waals surface area contributed by atoms with Crippen molar-refractivity contribution in [2.45, 2.75) is 6.54 Å². The molecule has 0 bridgehead atoms. The van der Waals surface area contributed by atoms with Crippen LogP contribution in [-0.4, -0.2) is 36.1 Å². The van der Waals surface area contributed by atoms with E-state index >= 15 is 0 Å². The second kappa shape index (κ2) is 4.78. The molecule has 0 unspecified atom stereocenters. The molecule has 1 aromatic heterocycles. The topological polar surface area (TPSA) is 28.2 Å².